The van der Waals surface area contributed by atoms with Crippen molar-refractivity contribution < 1.29 is 14.7 Å². The largest absolute Gasteiger partial charge is 0.480 e. The quantitative estimate of drug-likeness (QED) is 0.848. The molecular weight excluding hydrogens is 336 g/mol. The molecule has 0 bridgehead atoms. The zero-order valence-corrected chi connectivity index (χ0v) is 13.3. The highest BCUT2D eigenvalue weighted by molar-refractivity contribution is 9.10. The van der Waals surface area contributed by atoms with Gasteiger partial charge in [0.15, 0.2) is 0 Å². The number of nitrogens with one attached hydrogen (secondary N) is 1. The fourth-order valence-corrected chi connectivity index (χ4v) is 3.06. The third-order valence-electron chi connectivity index (χ3n) is 3.62. The minimum Gasteiger partial charge on any atom is -0.480 e. The van der Waals surface area contributed by atoms with Crippen LogP contribution >= 0.6 is 15.9 Å². The topological polar surface area (TPSA) is 69.6 Å². The highest BCUT2D eigenvalue weighted by Crippen LogP contribution is 2.22. The molecule has 1 heterocycles. The van der Waals surface area contributed by atoms with Crippen LogP contribution < -0.4 is 5.32 Å². The van der Waals surface area contributed by atoms with E-state index in [2.05, 4.69) is 21.2 Å². The van der Waals surface area contributed by atoms with Crippen LogP contribution in [0.15, 0.2) is 28.7 Å². The minimum absolute atomic E-state index is 0.0328. The first-order valence-corrected chi connectivity index (χ1v) is 7.83. The lowest BCUT2D eigenvalue weighted by atomic mass is 9.97. The van der Waals surface area contributed by atoms with Crippen LogP contribution in [0.1, 0.15) is 23.2 Å². The maximum Gasteiger partial charge on any atom is 0.317 e. The number of carbonyl (C=O) groups is 2. The summed E-state index contributed by atoms with van der Waals surface area (Å²) in [4.78, 5) is 24.9. The van der Waals surface area contributed by atoms with Crippen LogP contribution in [0, 0.1) is 5.92 Å². The Balaban J connectivity index is 1.93. The Morgan fingerprint density at radius 2 is 2.14 bits per heavy atom. The number of carbonyl (C=O) groups excluding carboxylic acids is 1. The molecule has 0 aliphatic carbocycles. The van der Waals surface area contributed by atoms with Crippen LogP contribution in [0.5, 0.6) is 0 Å². The highest BCUT2D eigenvalue weighted by Gasteiger charge is 2.25. The van der Waals surface area contributed by atoms with Crippen molar-refractivity contribution in [3.8, 4) is 0 Å². The molecule has 0 saturated carbocycles. The number of halogens is 1. The lowest BCUT2D eigenvalue weighted by Gasteiger charge is -2.33. The molecule has 1 unspecified atom stereocenters. The van der Waals surface area contributed by atoms with Crippen LogP contribution in [0.4, 0.5) is 0 Å². The number of piperidine rings is 1. The van der Waals surface area contributed by atoms with Gasteiger partial charge in [-0.2, -0.15) is 0 Å². The molecule has 1 aromatic rings. The van der Waals surface area contributed by atoms with E-state index >= 15 is 0 Å². The van der Waals surface area contributed by atoms with E-state index in [0.717, 1.165) is 23.9 Å². The summed E-state index contributed by atoms with van der Waals surface area (Å²) in [5, 5.41) is 11.5. The van der Waals surface area contributed by atoms with E-state index in [4.69, 9.17) is 5.11 Å². The molecule has 0 spiro atoms. The summed E-state index contributed by atoms with van der Waals surface area (Å²) >= 11 is 3.41. The molecule has 21 heavy (non-hydrogen) atoms. The monoisotopic (exact) mass is 354 g/mol. The van der Waals surface area contributed by atoms with E-state index in [1.54, 1.807) is 0 Å². The smallest absolute Gasteiger partial charge is 0.317 e. The molecule has 1 fully saturated rings. The Labute approximate surface area is 132 Å². The van der Waals surface area contributed by atoms with Crippen molar-refractivity contribution >= 4 is 27.8 Å². The number of amides is 1. The van der Waals surface area contributed by atoms with Gasteiger partial charge in [0.2, 0.25) is 0 Å². The molecule has 1 saturated heterocycles. The Morgan fingerprint density at radius 1 is 1.38 bits per heavy atom. The molecule has 2 N–H and O–H groups in total. The third kappa shape index (κ3) is 4.54. The summed E-state index contributed by atoms with van der Waals surface area (Å²) in [6.45, 7) is 2.03. The molecule has 5 nitrogen and oxygen atoms in total. The fraction of sp³-hybridized carbons (Fsp3) is 0.467. The third-order valence-corrected chi connectivity index (χ3v) is 4.31. The molecule has 1 aromatic carbocycles. The van der Waals surface area contributed by atoms with Crippen LogP contribution in [0.3, 0.4) is 0 Å². The van der Waals surface area contributed by atoms with E-state index in [9.17, 15) is 9.59 Å². The Hall–Kier alpha value is -1.40. The first kappa shape index (κ1) is 16.0. The molecular formula is C15H19BrN2O3. The summed E-state index contributed by atoms with van der Waals surface area (Å²) in [5.41, 5.74) is 0.677. The van der Waals surface area contributed by atoms with Gasteiger partial charge in [-0.15, -0.1) is 0 Å². The van der Waals surface area contributed by atoms with E-state index in [1.165, 1.54) is 0 Å². The standard InChI is InChI=1S/C15H19BrN2O3/c16-13-6-2-1-5-12(13)15(21)18-7-3-4-11(10-18)8-17-9-14(19)20/h1-2,5-6,11,17H,3-4,7-10H2,(H,19,20). The van der Waals surface area contributed by atoms with Gasteiger partial charge in [0.25, 0.3) is 5.91 Å². The van der Waals surface area contributed by atoms with Crippen molar-refractivity contribution in [2.75, 3.05) is 26.2 Å². The van der Waals surface area contributed by atoms with E-state index < -0.39 is 5.97 Å². The number of hydrogen-bond acceptors (Lipinski definition) is 3. The van der Waals surface area contributed by atoms with Gasteiger partial charge in [0.05, 0.1) is 12.1 Å². The number of likely N-dealkylation sites (tertiary alicyclic amines) is 1. The molecule has 6 heteroatoms. The van der Waals surface area contributed by atoms with E-state index in [0.29, 0.717) is 24.6 Å². The second-order valence-corrected chi connectivity index (χ2v) is 6.12. The average Bonchev–Trinajstić information content (AvgIpc) is 2.47. The van der Waals surface area contributed by atoms with Gasteiger partial charge in [-0.25, -0.2) is 0 Å². The minimum atomic E-state index is -0.855. The maximum atomic E-state index is 12.5. The molecule has 0 aromatic heterocycles. The van der Waals surface area contributed by atoms with Gasteiger partial charge in [0, 0.05) is 24.1 Å². The summed E-state index contributed by atoms with van der Waals surface area (Å²) in [5.74, 6) is -0.512. The molecule has 1 atom stereocenters. The van der Waals surface area contributed by atoms with Crippen molar-refractivity contribution in [1.29, 1.82) is 0 Å². The average molecular weight is 355 g/mol. The van der Waals surface area contributed by atoms with Gasteiger partial charge in [-0.1, -0.05) is 12.1 Å². The Kier molecular flexibility index (Phi) is 5.76. The van der Waals surface area contributed by atoms with Gasteiger partial charge < -0.3 is 15.3 Å². The summed E-state index contributed by atoms with van der Waals surface area (Å²) in [6.07, 6.45) is 1.97. The number of carboxylic acids is 1. The zero-order chi connectivity index (χ0) is 15.2. The first-order chi connectivity index (χ1) is 10.1. The zero-order valence-electron chi connectivity index (χ0n) is 11.7. The molecule has 1 aliphatic heterocycles. The fourth-order valence-electron chi connectivity index (χ4n) is 2.60. The van der Waals surface area contributed by atoms with E-state index in [1.807, 2.05) is 29.2 Å². The lowest BCUT2D eigenvalue weighted by molar-refractivity contribution is -0.136. The van der Waals surface area contributed by atoms with Gasteiger partial charge in [0.1, 0.15) is 0 Å². The van der Waals surface area contributed by atoms with Crippen molar-refractivity contribution in [1.82, 2.24) is 10.2 Å². The van der Waals surface area contributed by atoms with Crippen molar-refractivity contribution in [2.45, 2.75) is 12.8 Å². The highest BCUT2D eigenvalue weighted by atomic mass is 79.9. The number of carboxylic acid groups (broad SMARTS) is 1. The molecule has 114 valence electrons. The first-order valence-electron chi connectivity index (χ1n) is 7.04. The van der Waals surface area contributed by atoms with Gasteiger partial charge in [-0.3, -0.25) is 9.59 Å². The molecule has 2 rings (SSSR count). The number of hydrogen-bond donors (Lipinski definition) is 2. The SMILES string of the molecule is O=C(O)CNCC1CCCN(C(=O)c2ccccc2Br)C1. The number of benzene rings is 1. The Bertz CT molecular complexity index is 521. The second kappa shape index (κ2) is 7.56. The van der Waals surface area contributed by atoms with Crippen LogP contribution in [0.25, 0.3) is 0 Å². The Morgan fingerprint density at radius 3 is 2.86 bits per heavy atom. The van der Waals surface area contributed by atoms with Crippen LogP contribution in [0.2, 0.25) is 0 Å². The lowest BCUT2D eigenvalue weighted by Crippen LogP contribution is -2.43. The molecule has 1 aliphatic rings. The predicted molar refractivity (Wildman–Crippen MR) is 83.3 cm³/mol. The summed E-state index contributed by atoms with van der Waals surface area (Å²) in [6, 6.07) is 7.42. The van der Waals surface area contributed by atoms with Gasteiger partial charge in [-0.05, 0) is 46.8 Å². The van der Waals surface area contributed by atoms with Gasteiger partial charge >= 0.3 is 5.97 Å². The number of rotatable bonds is 5. The summed E-state index contributed by atoms with van der Waals surface area (Å²) < 4.78 is 0.807. The second-order valence-electron chi connectivity index (χ2n) is 5.26. The van der Waals surface area contributed by atoms with Crippen molar-refractivity contribution in [3.05, 3.63) is 34.3 Å². The van der Waals surface area contributed by atoms with Crippen molar-refractivity contribution in [2.24, 2.45) is 5.92 Å². The molecule has 1 amide bonds. The predicted octanol–water partition coefficient (Wildman–Crippen LogP) is 1.98. The van der Waals surface area contributed by atoms with E-state index in [-0.39, 0.29) is 12.5 Å². The normalized spacial score (nSPS) is 18.5. The number of aliphatic carboxylic acids is 1. The molecule has 0 radical (unpaired) electrons. The maximum absolute atomic E-state index is 12.5. The van der Waals surface area contributed by atoms with Crippen molar-refractivity contribution in [3.63, 3.8) is 0 Å². The van der Waals surface area contributed by atoms with Crippen LogP contribution in [-0.2, 0) is 4.79 Å². The van der Waals surface area contributed by atoms with Crippen LogP contribution in [-0.4, -0.2) is 48.1 Å². The number of nitrogens with zero attached hydrogens (tertiary/aromatic N) is 1. The summed E-state index contributed by atoms with van der Waals surface area (Å²) in [7, 11) is 0.